The second kappa shape index (κ2) is 9.65. The smallest absolute Gasteiger partial charge is 0.360 e. The summed E-state index contributed by atoms with van der Waals surface area (Å²) >= 11 is 0. The Balaban J connectivity index is 1.69. The van der Waals surface area contributed by atoms with Gasteiger partial charge in [-0.3, -0.25) is 9.69 Å². The summed E-state index contributed by atoms with van der Waals surface area (Å²) in [6.45, 7) is 2.01. The summed E-state index contributed by atoms with van der Waals surface area (Å²) in [5.41, 5.74) is 1.88. The Hall–Kier alpha value is -4.34. The molecule has 1 aliphatic rings. The lowest BCUT2D eigenvalue weighted by atomic mass is 10.1. The van der Waals surface area contributed by atoms with Gasteiger partial charge >= 0.3 is 12.0 Å². The van der Waals surface area contributed by atoms with Crippen LogP contribution in [-0.4, -0.2) is 66.0 Å². The van der Waals surface area contributed by atoms with Crippen molar-refractivity contribution < 1.29 is 28.6 Å². The monoisotopic (exact) mass is 464 g/mol. The zero-order valence-corrected chi connectivity index (χ0v) is 19.0. The molecule has 1 unspecified atom stereocenters. The first kappa shape index (κ1) is 22.8. The second-order valence-electron chi connectivity index (χ2n) is 7.51. The summed E-state index contributed by atoms with van der Waals surface area (Å²) in [6.07, 6.45) is 0.532. The quantitative estimate of drug-likeness (QED) is 0.535. The standard InChI is InChI=1S/C24H24N4O6/c1-15(22(29)27-12-11-25-24(27)31)34-23(30)21-18(14-28(26-21)17-7-5-4-6-8-17)16-9-10-19(32-2)20(13-16)33-3/h4-10,13-15H,11-12H2,1-3H3,(H,25,31). The van der Waals surface area contributed by atoms with E-state index in [1.165, 1.54) is 21.1 Å². The third-order valence-electron chi connectivity index (χ3n) is 5.38. The largest absolute Gasteiger partial charge is 0.493 e. The van der Waals surface area contributed by atoms with Crippen LogP contribution in [-0.2, 0) is 9.53 Å². The molecule has 4 rings (SSSR count). The van der Waals surface area contributed by atoms with Gasteiger partial charge in [0.1, 0.15) is 0 Å². The average Bonchev–Trinajstić information content (AvgIpc) is 3.50. The van der Waals surface area contributed by atoms with Crippen LogP contribution in [0.4, 0.5) is 4.79 Å². The number of hydrogen-bond donors (Lipinski definition) is 1. The average molecular weight is 464 g/mol. The molecule has 1 saturated heterocycles. The van der Waals surface area contributed by atoms with Crippen LogP contribution in [0.5, 0.6) is 11.5 Å². The fourth-order valence-electron chi connectivity index (χ4n) is 3.62. The van der Waals surface area contributed by atoms with Crippen molar-refractivity contribution >= 4 is 17.9 Å². The van der Waals surface area contributed by atoms with Crippen molar-refractivity contribution in [1.29, 1.82) is 0 Å². The maximum Gasteiger partial charge on any atom is 0.360 e. The van der Waals surface area contributed by atoms with E-state index >= 15 is 0 Å². The Bertz CT molecular complexity index is 1220. The number of hydrogen-bond acceptors (Lipinski definition) is 7. The van der Waals surface area contributed by atoms with Crippen molar-refractivity contribution in [1.82, 2.24) is 20.0 Å². The first-order valence-electron chi connectivity index (χ1n) is 10.6. The van der Waals surface area contributed by atoms with Gasteiger partial charge in [-0.05, 0) is 36.8 Å². The van der Waals surface area contributed by atoms with Crippen molar-refractivity contribution in [2.24, 2.45) is 0 Å². The lowest BCUT2D eigenvalue weighted by Gasteiger charge is -2.18. The van der Waals surface area contributed by atoms with Gasteiger partial charge in [0, 0.05) is 24.8 Å². The van der Waals surface area contributed by atoms with Crippen LogP contribution in [0.3, 0.4) is 0 Å². The molecule has 0 aliphatic carbocycles. The van der Waals surface area contributed by atoms with Crippen LogP contribution in [0.15, 0.2) is 54.7 Å². The van der Waals surface area contributed by atoms with Crippen LogP contribution in [0.25, 0.3) is 16.8 Å². The number of amides is 3. The number of esters is 1. The Morgan fingerprint density at radius 2 is 1.79 bits per heavy atom. The zero-order chi connectivity index (χ0) is 24.2. The normalized spacial score (nSPS) is 13.9. The molecule has 0 saturated carbocycles. The number of carbonyl (C=O) groups excluding carboxylic acids is 3. The number of carbonyl (C=O) groups is 3. The number of ether oxygens (including phenoxy) is 3. The number of nitrogens with one attached hydrogen (secondary N) is 1. The van der Waals surface area contributed by atoms with Gasteiger partial charge < -0.3 is 19.5 Å². The van der Waals surface area contributed by atoms with E-state index in [4.69, 9.17) is 14.2 Å². The number of urea groups is 1. The molecule has 2 aromatic carbocycles. The van der Waals surface area contributed by atoms with Crippen LogP contribution in [0.1, 0.15) is 17.4 Å². The SMILES string of the molecule is COc1ccc(-c2cn(-c3ccccc3)nc2C(=O)OC(C)C(=O)N2CCNC2=O)cc1OC. The van der Waals surface area contributed by atoms with E-state index < -0.39 is 24.0 Å². The predicted octanol–water partition coefficient (Wildman–Crippen LogP) is 2.65. The Labute approximate surface area is 196 Å². The molecule has 2 heterocycles. The van der Waals surface area contributed by atoms with Crippen molar-refractivity contribution in [3.8, 4) is 28.3 Å². The van der Waals surface area contributed by atoms with Crippen molar-refractivity contribution in [2.75, 3.05) is 27.3 Å². The molecule has 0 radical (unpaired) electrons. The molecular weight excluding hydrogens is 440 g/mol. The van der Waals surface area contributed by atoms with E-state index in [-0.39, 0.29) is 12.2 Å². The van der Waals surface area contributed by atoms with Crippen LogP contribution >= 0.6 is 0 Å². The first-order chi connectivity index (χ1) is 16.4. The molecule has 34 heavy (non-hydrogen) atoms. The molecule has 3 aromatic rings. The Kier molecular flexibility index (Phi) is 6.48. The summed E-state index contributed by atoms with van der Waals surface area (Å²) < 4.78 is 17.7. The minimum absolute atomic E-state index is 0.0154. The summed E-state index contributed by atoms with van der Waals surface area (Å²) in [7, 11) is 3.05. The molecule has 176 valence electrons. The highest BCUT2D eigenvalue weighted by Gasteiger charge is 2.33. The highest BCUT2D eigenvalue weighted by molar-refractivity contribution is 6.00. The molecule has 1 atom stereocenters. The van der Waals surface area contributed by atoms with Crippen LogP contribution in [0, 0.1) is 0 Å². The topological polar surface area (TPSA) is 112 Å². The van der Waals surface area contributed by atoms with Crippen LogP contribution in [0.2, 0.25) is 0 Å². The van der Waals surface area contributed by atoms with E-state index in [1.54, 1.807) is 29.1 Å². The minimum Gasteiger partial charge on any atom is -0.493 e. The number of benzene rings is 2. The molecule has 1 N–H and O–H groups in total. The third kappa shape index (κ3) is 4.42. The Morgan fingerprint density at radius 3 is 2.44 bits per heavy atom. The number of para-hydroxylation sites is 1. The van der Waals surface area contributed by atoms with Gasteiger partial charge in [0.25, 0.3) is 5.91 Å². The first-order valence-corrected chi connectivity index (χ1v) is 10.6. The van der Waals surface area contributed by atoms with E-state index in [0.29, 0.717) is 29.2 Å². The van der Waals surface area contributed by atoms with Gasteiger partial charge in [-0.1, -0.05) is 24.3 Å². The highest BCUT2D eigenvalue weighted by atomic mass is 16.5. The second-order valence-corrected chi connectivity index (χ2v) is 7.51. The summed E-state index contributed by atoms with van der Waals surface area (Å²) in [4.78, 5) is 38.6. The van der Waals surface area contributed by atoms with Crippen LogP contribution < -0.4 is 14.8 Å². The number of imide groups is 1. The van der Waals surface area contributed by atoms with E-state index in [0.717, 1.165) is 10.6 Å². The van der Waals surface area contributed by atoms with Crippen molar-refractivity contribution in [2.45, 2.75) is 13.0 Å². The molecule has 1 aromatic heterocycles. The van der Waals surface area contributed by atoms with Gasteiger partial charge in [-0.15, -0.1) is 0 Å². The van der Waals surface area contributed by atoms with E-state index in [1.807, 2.05) is 30.3 Å². The van der Waals surface area contributed by atoms with Gasteiger partial charge in [-0.2, -0.15) is 5.10 Å². The van der Waals surface area contributed by atoms with Gasteiger partial charge in [0.2, 0.25) is 0 Å². The molecule has 3 amide bonds. The number of methoxy groups -OCH3 is 2. The maximum absolute atomic E-state index is 13.1. The fourth-order valence-corrected chi connectivity index (χ4v) is 3.62. The summed E-state index contributed by atoms with van der Waals surface area (Å²) in [6, 6.07) is 14.0. The Morgan fingerprint density at radius 1 is 1.06 bits per heavy atom. The van der Waals surface area contributed by atoms with Crippen molar-refractivity contribution in [3.63, 3.8) is 0 Å². The molecule has 0 spiro atoms. The summed E-state index contributed by atoms with van der Waals surface area (Å²) in [5, 5.41) is 7.00. The number of rotatable bonds is 7. The molecule has 10 nitrogen and oxygen atoms in total. The maximum atomic E-state index is 13.1. The fraction of sp³-hybridized carbons (Fsp3) is 0.250. The number of nitrogens with zero attached hydrogens (tertiary/aromatic N) is 3. The summed E-state index contributed by atoms with van der Waals surface area (Å²) in [5.74, 6) is -0.372. The molecular formula is C24H24N4O6. The van der Waals surface area contributed by atoms with Gasteiger partial charge in [-0.25, -0.2) is 14.3 Å². The molecule has 1 aliphatic heterocycles. The van der Waals surface area contributed by atoms with E-state index in [2.05, 4.69) is 10.4 Å². The molecule has 1 fully saturated rings. The van der Waals surface area contributed by atoms with Gasteiger partial charge in [0.05, 0.1) is 19.9 Å². The lowest BCUT2D eigenvalue weighted by Crippen LogP contribution is -2.41. The lowest BCUT2D eigenvalue weighted by molar-refractivity contribution is -0.136. The number of aromatic nitrogens is 2. The van der Waals surface area contributed by atoms with Gasteiger partial charge in [0.15, 0.2) is 23.3 Å². The minimum atomic E-state index is -1.17. The van der Waals surface area contributed by atoms with Crippen molar-refractivity contribution in [3.05, 3.63) is 60.4 Å². The predicted molar refractivity (Wildman–Crippen MR) is 122 cm³/mol. The highest BCUT2D eigenvalue weighted by Crippen LogP contribution is 2.34. The molecule has 0 bridgehead atoms. The molecule has 10 heteroatoms. The third-order valence-corrected chi connectivity index (χ3v) is 5.38. The zero-order valence-electron chi connectivity index (χ0n) is 19.0. The van der Waals surface area contributed by atoms with E-state index in [9.17, 15) is 14.4 Å².